The van der Waals surface area contributed by atoms with E-state index in [0.29, 0.717) is 5.88 Å². The normalized spacial score (nSPS) is 16.4. The first-order valence-corrected chi connectivity index (χ1v) is 8.30. The molecule has 3 rings (SSSR count). The molecular weight excluding hydrogens is 284 g/mol. The molecule has 5 heteroatoms. The predicted molar refractivity (Wildman–Crippen MR) is 86.7 cm³/mol. The summed E-state index contributed by atoms with van der Waals surface area (Å²) >= 11 is 6.06. The molecule has 0 atom stereocenters. The number of alkyl halides is 1. The molecule has 1 saturated carbocycles. The molecule has 2 aromatic rings. The Hall–Kier alpha value is -1.13. The number of aromatic nitrogens is 3. The van der Waals surface area contributed by atoms with E-state index in [1.807, 2.05) is 13.1 Å². The van der Waals surface area contributed by atoms with Crippen LogP contribution in [-0.2, 0) is 12.4 Å². The van der Waals surface area contributed by atoms with Gasteiger partial charge in [-0.1, -0.05) is 12.8 Å². The minimum atomic E-state index is 0.433. The molecule has 1 aliphatic carbocycles. The Labute approximate surface area is 131 Å². The van der Waals surface area contributed by atoms with Crippen LogP contribution in [0.1, 0.15) is 37.1 Å². The van der Waals surface area contributed by atoms with Crippen LogP contribution in [-0.4, -0.2) is 39.1 Å². The fourth-order valence-electron chi connectivity index (χ4n) is 3.28. The summed E-state index contributed by atoms with van der Waals surface area (Å²) in [5.74, 6) is 1.35. The van der Waals surface area contributed by atoms with E-state index in [2.05, 4.69) is 32.5 Å². The van der Waals surface area contributed by atoms with Gasteiger partial charge in [-0.3, -0.25) is 0 Å². The number of nitrogens with zero attached hydrogens (tertiary/aromatic N) is 4. The Balaban J connectivity index is 1.78. The third-order valence-corrected chi connectivity index (χ3v) is 4.78. The number of likely N-dealkylation sites (N-methyl/N-ethyl adjacent to an activating group) is 1. The van der Waals surface area contributed by atoms with Gasteiger partial charge in [-0.25, -0.2) is 9.97 Å². The summed E-state index contributed by atoms with van der Waals surface area (Å²) in [7, 11) is 2.23. The lowest BCUT2D eigenvalue weighted by atomic mass is 10.2. The first-order chi connectivity index (χ1) is 10.2. The summed E-state index contributed by atoms with van der Waals surface area (Å²) < 4.78 is 2.17. The highest BCUT2D eigenvalue weighted by molar-refractivity contribution is 6.16. The van der Waals surface area contributed by atoms with E-state index in [1.165, 1.54) is 25.7 Å². The molecule has 0 radical (unpaired) electrons. The standard InChI is InChI=1S/C16H23ClN4/c1-12-9-14-16(18-11-12)21(15(10-17)19-14)8-7-20(2)13-5-3-4-6-13/h9,11,13H,3-8,10H2,1-2H3. The molecule has 21 heavy (non-hydrogen) atoms. The van der Waals surface area contributed by atoms with Crippen molar-refractivity contribution in [2.45, 2.75) is 51.1 Å². The third kappa shape index (κ3) is 3.06. The number of fused-ring (bicyclic) bond motifs is 1. The molecule has 1 aliphatic rings. The van der Waals surface area contributed by atoms with E-state index in [9.17, 15) is 0 Å². The molecule has 0 amide bonds. The predicted octanol–water partition coefficient (Wildman–Crippen LogP) is 3.35. The first-order valence-electron chi connectivity index (χ1n) is 7.77. The van der Waals surface area contributed by atoms with Crippen LogP contribution in [0.25, 0.3) is 11.2 Å². The summed E-state index contributed by atoms with van der Waals surface area (Å²) in [6, 6.07) is 2.82. The molecule has 2 heterocycles. The zero-order chi connectivity index (χ0) is 14.8. The quantitative estimate of drug-likeness (QED) is 0.794. The Bertz CT molecular complexity index is 616. The zero-order valence-electron chi connectivity index (χ0n) is 12.8. The van der Waals surface area contributed by atoms with Crippen molar-refractivity contribution in [3.8, 4) is 0 Å². The minimum absolute atomic E-state index is 0.433. The fraction of sp³-hybridized carbons (Fsp3) is 0.625. The van der Waals surface area contributed by atoms with Gasteiger partial charge < -0.3 is 9.47 Å². The highest BCUT2D eigenvalue weighted by atomic mass is 35.5. The maximum absolute atomic E-state index is 6.06. The number of pyridine rings is 1. The molecule has 0 aliphatic heterocycles. The molecule has 0 N–H and O–H groups in total. The second-order valence-electron chi connectivity index (χ2n) is 6.09. The number of imidazole rings is 1. The molecular formula is C16H23ClN4. The Morgan fingerprint density at radius 3 is 2.86 bits per heavy atom. The molecule has 4 nitrogen and oxygen atoms in total. The van der Waals surface area contributed by atoms with Gasteiger partial charge in [0.25, 0.3) is 0 Å². The van der Waals surface area contributed by atoms with Crippen LogP contribution in [0.4, 0.5) is 0 Å². The summed E-state index contributed by atoms with van der Waals surface area (Å²) in [6.45, 7) is 3.97. The van der Waals surface area contributed by atoms with Gasteiger partial charge in [0.15, 0.2) is 5.65 Å². The van der Waals surface area contributed by atoms with Gasteiger partial charge in [0.05, 0.1) is 5.88 Å². The maximum atomic E-state index is 6.06. The lowest BCUT2D eigenvalue weighted by Gasteiger charge is -2.24. The Kier molecular flexibility index (Phi) is 4.45. The number of halogens is 1. The van der Waals surface area contributed by atoms with Gasteiger partial charge in [0.2, 0.25) is 0 Å². The van der Waals surface area contributed by atoms with Crippen molar-refractivity contribution in [1.29, 1.82) is 0 Å². The van der Waals surface area contributed by atoms with Crippen molar-refractivity contribution in [3.05, 3.63) is 23.7 Å². The summed E-state index contributed by atoms with van der Waals surface area (Å²) in [5, 5.41) is 0. The van der Waals surface area contributed by atoms with E-state index < -0.39 is 0 Å². The average molecular weight is 307 g/mol. The molecule has 0 bridgehead atoms. The van der Waals surface area contributed by atoms with Crippen LogP contribution in [0.3, 0.4) is 0 Å². The zero-order valence-corrected chi connectivity index (χ0v) is 13.6. The largest absolute Gasteiger partial charge is 0.310 e. The summed E-state index contributed by atoms with van der Waals surface area (Å²) in [5.41, 5.74) is 3.04. The second kappa shape index (κ2) is 6.32. The SMILES string of the molecule is Cc1cnc2c(c1)nc(CCl)n2CCN(C)C1CCCC1. The number of hydrogen-bond donors (Lipinski definition) is 0. The van der Waals surface area contributed by atoms with Crippen LogP contribution < -0.4 is 0 Å². The van der Waals surface area contributed by atoms with E-state index in [-0.39, 0.29) is 0 Å². The molecule has 0 unspecified atom stereocenters. The Morgan fingerprint density at radius 1 is 1.38 bits per heavy atom. The van der Waals surface area contributed by atoms with Gasteiger partial charge in [0.1, 0.15) is 11.3 Å². The number of hydrogen-bond acceptors (Lipinski definition) is 3. The van der Waals surface area contributed by atoms with Crippen LogP contribution in [0, 0.1) is 6.92 Å². The Morgan fingerprint density at radius 2 is 2.14 bits per heavy atom. The van der Waals surface area contributed by atoms with Crippen molar-refractivity contribution < 1.29 is 0 Å². The van der Waals surface area contributed by atoms with Crippen molar-refractivity contribution in [2.75, 3.05) is 13.6 Å². The maximum Gasteiger partial charge on any atom is 0.160 e. The molecule has 0 spiro atoms. The monoisotopic (exact) mass is 306 g/mol. The van der Waals surface area contributed by atoms with E-state index >= 15 is 0 Å². The smallest absolute Gasteiger partial charge is 0.160 e. The third-order valence-electron chi connectivity index (χ3n) is 4.54. The fourth-order valence-corrected chi connectivity index (χ4v) is 3.48. The molecule has 2 aromatic heterocycles. The molecule has 1 fully saturated rings. The van der Waals surface area contributed by atoms with Gasteiger partial charge in [-0.15, -0.1) is 11.6 Å². The van der Waals surface area contributed by atoms with Crippen LogP contribution in [0.15, 0.2) is 12.3 Å². The van der Waals surface area contributed by atoms with Gasteiger partial charge >= 0.3 is 0 Å². The van der Waals surface area contributed by atoms with Crippen LogP contribution in [0.2, 0.25) is 0 Å². The highest BCUT2D eigenvalue weighted by Crippen LogP contribution is 2.23. The molecule has 0 aromatic carbocycles. The summed E-state index contributed by atoms with van der Waals surface area (Å²) in [4.78, 5) is 11.6. The van der Waals surface area contributed by atoms with Crippen molar-refractivity contribution in [2.24, 2.45) is 0 Å². The lowest BCUT2D eigenvalue weighted by molar-refractivity contribution is 0.236. The highest BCUT2D eigenvalue weighted by Gasteiger charge is 2.20. The van der Waals surface area contributed by atoms with Gasteiger partial charge in [-0.05, 0) is 38.4 Å². The number of aryl methyl sites for hydroxylation is 1. The van der Waals surface area contributed by atoms with Crippen LogP contribution >= 0.6 is 11.6 Å². The van der Waals surface area contributed by atoms with E-state index in [1.54, 1.807) is 0 Å². The van der Waals surface area contributed by atoms with Gasteiger partial charge in [-0.2, -0.15) is 0 Å². The molecule has 114 valence electrons. The van der Waals surface area contributed by atoms with Crippen molar-refractivity contribution >= 4 is 22.8 Å². The minimum Gasteiger partial charge on any atom is -0.310 e. The number of rotatable bonds is 5. The average Bonchev–Trinajstić information content (AvgIpc) is 3.11. The van der Waals surface area contributed by atoms with Gasteiger partial charge in [0, 0.05) is 25.3 Å². The summed E-state index contributed by atoms with van der Waals surface area (Å²) in [6.07, 6.45) is 7.31. The molecule has 0 saturated heterocycles. The van der Waals surface area contributed by atoms with Crippen LogP contribution in [0.5, 0.6) is 0 Å². The second-order valence-corrected chi connectivity index (χ2v) is 6.35. The first kappa shape index (κ1) is 14.8. The lowest BCUT2D eigenvalue weighted by Crippen LogP contribution is -2.32. The van der Waals surface area contributed by atoms with Crippen molar-refractivity contribution in [3.63, 3.8) is 0 Å². The van der Waals surface area contributed by atoms with Crippen molar-refractivity contribution in [1.82, 2.24) is 19.4 Å². The topological polar surface area (TPSA) is 34.0 Å². The van der Waals surface area contributed by atoms with E-state index in [0.717, 1.165) is 41.7 Å². The van der Waals surface area contributed by atoms with E-state index in [4.69, 9.17) is 11.6 Å².